The molecule has 1 heteroatoms. The maximum atomic E-state index is 3.70. The Bertz CT molecular complexity index is 713. The molecule has 0 aromatic heterocycles. The van der Waals surface area contributed by atoms with Gasteiger partial charge in [-0.3, -0.25) is 0 Å². The second-order valence-corrected chi connectivity index (χ2v) is 6.72. The molecule has 2 aromatic carbocycles. The van der Waals surface area contributed by atoms with Crippen LogP contribution in [0.15, 0.2) is 47.0 Å². The van der Waals surface area contributed by atoms with Crippen LogP contribution in [0.1, 0.15) is 29.4 Å². The maximum absolute atomic E-state index is 3.70. The molecular weight excluding hydrogens is 284 g/mol. The Balaban J connectivity index is 1.87. The lowest BCUT2D eigenvalue weighted by Crippen LogP contribution is -2.37. The van der Waals surface area contributed by atoms with Crippen LogP contribution in [-0.2, 0) is 0 Å². The van der Waals surface area contributed by atoms with Crippen LogP contribution < -0.4 is 0 Å². The molecule has 3 aliphatic carbocycles. The lowest BCUT2D eigenvalue weighted by atomic mass is 9.57. The van der Waals surface area contributed by atoms with E-state index in [2.05, 4.69) is 58.4 Å². The van der Waals surface area contributed by atoms with Gasteiger partial charge in [0.25, 0.3) is 0 Å². The number of hydrogen-bond donors (Lipinski definition) is 0. The van der Waals surface area contributed by atoms with Gasteiger partial charge < -0.3 is 0 Å². The highest BCUT2D eigenvalue weighted by Gasteiger charge is 2.55. The fourth-order valence-electron chi connectivity index (χ4n) is 4.63. The molecule has 88 valence electrons. The normalized spacial score (nSPS) is 34.5. The van der Waals surface area contributed by atoms with Crippen molar-refractivity contribution in [2.24, 2.45) is 11.8 Å². The molecule has 0 unspecified atom stereocenters. The van der Waals surface area contributed by atoms with Crippen molar-refractivity contribution >= 4 is 26.7 Å². The van der Waals surface area contributed by atoms with E-state index in [0.29, 0.717) is 0 Å². The van der Waals surface area contributed by atoms with Gasteiger partial charge in [-0.15, -0.1) is 0 Å². The fourth-order valence-corrected chi connectivity index (χ4v) is 5.10. The third-order valence-corrected chi connectivity index (χ3v) is 5.99. The SMILES string of the molecule is Brc1ccc2c3c(cccc13)[C@H]1[C@@H]3CC=C[C@@H]3[C@@H]21. The molecule has 0 amide bonds. The third-order valence-electron chi connectivity index (χ3n) is 5.29. The Morgan fingerprint density at radius 2 is 1.89 bits per heavy atom. The number of halogens is 1. The zero-order valence-corrected chi connectivity index (χ0v) is 11.5. The molecule has 0 radical (unpaired) electrons. The molecule has 4 atom stereocenters. The average molecular weight is 297 g/mol. The molecule has 0 spiro atoms. The molecule has 0 nitrogen and oxygen atoms in total. The molecule has 1 fully saturated rings. The summed E-state index contributed by atoms with van der Waals surface area (Å²) in [6.45, 7) is 0. The van der Waals surface area contributed by atoms with Crippen molar-refractivity contribution in [2.45, 2.75) is 18.3 Å². The van der Waals surface area contributed by atoms with Crippen LogP contribution in [0.3, 0.4) is 0 Å². The van der Waals surface area contributed by atoms with Crippen LogP contribution in [0.5, 0.6) is 0 Å². The molecule has 1 saturated carbocycles. The summed E-state index contributed by atoms with van der Waals surface area (Å²) in [4.78, 5) is 0. The second kappa shape index (κ2) is 3.08. The van der Waals surface area contributed by atoms with Gasteiger partial charge in [0.15, 0.2) is 0 Å². The highest BCUT2D eigenvalue weighted by molar-refractivity contribution is 9.10. The van der Waals surface area contributed by atoms with Crippen molar-refractivity contribution in [3.8, 4) is 0 Å². The van der Waals surface area contributed by atoms with Crippen molar-refractivity contribution in [3.63, 3.8) is 0 Å². The van der Waals surface area contributed by atoms with E-state index in [1.807, 2.05) is 0 Å². The van der Waals surface area contributed by atoms with Crippen molar-refractivity contribution in [3.05, 3.63) is 58.1 Å². The number of rotatable bonds is 0. The Kier molecular flexibility index (Phi) is 1.68. The minimum Gasteiger partial charge on any atom is -0.0879 e. The van der Waals surface area contributed by atoms with Gasteiger partial charge in [-0.1, -0.05) is 52.3 Å². The van der Waals surface area contributed by atoms with E-state index in [1.54, 1.807) is 16.5 Å². The van der Waals surface area contributed by atoms with Gasteiger partial charge in [0.05, 0.1) is 0 Å². The summed E-state index contributed by atoms with van der Waals surface area (Å²) < 4.78 is 1.24. The van der Waals surface area contributed by atoms with Crippen LogP contribution in [-0.4, -0.2) is 0 Å². The summed E-state index contributed by atoms with van der Waals surface area (Å²) >= 11 is 3.70. The lowest BCUT2D eigenvalue weighted by molar-refractivity contribution is 0.157. The molecule has 5 rings (SSSR count). The minimum absolute atomic E-state index is 0.766. The van der Waals surface area contributed by atoms with Gasteiger partial charge >= 0.3 is 0 Å². The van der Waals surface area contributed by atoms with E-state index < -0.39 is 0 Å². The lowest BCUT2D eigenvalue weighted by Gasteiger charge is -2.46. The molecule has 3 aliphatic rings. The summed E-state index contributed by atoms with van der Waals surface area (Å²) in [5, 5.41) is 2.95. The van der Waals surface area contributed by atoms with Gasteiger partial charge in [0.2, 0.25) is 0 Å². The van der Waals surface area contributed by atoms with Gasteiger partial charge in [-0.25, -0.2) is 0 Å². The summed E-state index contributed by atoms with van der Waals surface area (Å²) in [6.07, 6.45) is 6.15. The summed E-state index contributed by atoms with van der Waals surface area (Å²) in [7, 11) is 0. The van der Waals surface area contributed by atoms with Crippen molar-refractivity contribution in [1.29, 1.82) is 0 Å². The van der Waals surface area contributed by atoms with E-state index in [9.17, 15) is 0 Å². The van der Waals surface area contributed by atoms with Gasteiger partial charge in [0, 0.05) is 4.47 Å². The molecule has 0 bridgehead atoms. The first-order valence-electron chi connectivity index (χ1n) is 6.74. The van der Waals surface area contributed by atoms with Crippen molar-refractivity contribution < 1.29 is 0 Å². The van der Waals surface area contributed by atoms with Gasteiger partial charge in [-0.05, 0) is 58.1 Å². The Morgan fingerprint density at radius 3 is 2.83 bits per heavy atom. The predicted molar refractivity (Wildman–Crippen MR) is 77.9 cm³/mol. The first-order chi connectivity index (χ1) is 8.86. The van der Waals surface area contributed by atoms with Crippen LogP contribution in [0, 0.1) is 11.8 Å². The average Bonchev–Trinajstić information content (AvgIpc) is 2.88. The molecule has 18 heavy (non-hydrogen) atoms. The maximum Gasteiger partial charge on any atom is 0.0254 e. The number of hydrogen-bond acceptors (Lipinski definition) is 0. The van der Waals surface area contributed by atoms with Gasteiger partial charge in [0.1, 0.15) is 0 Å². The van der Waals surface area contributed by atoms with E-state index in [-0.39, 0.29) is 0 Å². The van der Waals surface area contributed by atoms with Crippen LogP contribution in [0.25, 0.3) is 10.8 Å². The monoisotopic (exact) mass is 296 g/mol. The summed E-state index contributed by atoms with van der Waals surface area (Å²) in [5.74, 6) is 3.25. The Morgan fingerprint density at radius 1 is 1.00 bits per heavy atom. The first kappa shape index (κ1) is 9.80. The van der Waals surface area contributed by atoms with Crippen LogP contribution in [0.4, 0.5) is 0 Å². The molecule has 0 aliphatic heterocycles. The second-order valence-electron chi connectivity index (χ2n) is 5.86. The highest BCUT2D eigenvalue weighted by Crippen LogP contribution is 2.67. The third kappa shape index (κ3) is 0.925. The number of benzene rings is 2. The van der Waals surface area contributed by atoms with Crippen LogP contribution in [0.2, 0.25) is 0 Å². The van der Waals surface area contributed by atoms with Crippen molar-refractivity contribution in [1.82, 2.24) is 0 Å². The topological polar surface area (TPSA) is 0 Å². The van der Waals surface area contributed by atoms with E-state index in [4.69, 9.17) is 0 Å². The van der Waals surface area contributed by atoms with Crippen molar-refractivity contribution in [2.75, 3.05) is 0 Å². The van der Waals surface area contributed by atoms with E-state index >= 15 is 0 Å². The molecule has 0 saturated heterocycles. The Hall–Kier alpha value is -1.08. The Labute approximate surface area is 115 Å². The molecule has 0 heterocycles. The van der Waals surface area contributed by atoms with E-state index in [1.165, 1.54) is 16.3 Å². The smallest absolute Gasteiger partial charge is 0.0254 e. The quantitative estimate of drug-likeness (QED) is 0.601. The van der Waals surface area contributed by atoms with Gasteiger partial charge in [-0.2, -0.15) is 0 Å². The summed E-state index contributed by atoms with van der Waals surface area (Å²) in [6, 6.07) is 11.4. The zero-order valence-electron chi connectivity index (χ0n) is 9.94. The number of fused-ring (bicyclic) bond motifs is 6. The minimum atomic E-state index is 0.766. The zero-order chi connectivity index (χ0) is 11.9. The molecule has 2 aromatic rings. The number of allylic oxidation sites excluding steroid dienone is 2. The first-order valence-corrected chi connectivity index (χ1v) is 7.53. The highest BCUT2D eigenvalue weighted by atomic mass is 79.9. The van der Waals surface area contributed by atoms with Crippen LogP contribution >= 0.6 is 15.9 Å². The molecule has 0 N–H and O–H groups in total. The molecular formula is C17H13Br. The standard InChI is InChI=1S/C17H13Br/c18-14-8-7-13-15-11(14)5-2-6-12(15)16-9-3-1-4-10(9)17(13)16/h1-2,4-10,16-17H,3H2/t9-,10+,16-,17+/m1/s1. The predicted octanol–water partition coefficient (Wildman–Crippen LogP) is 4.99. The fraction of sp³-hybridized carbons (Fsp3) is 0.294. The summed E-state index contributed by atoms with van der Waals surface area (Å²) in [5.41, 5.74) is 3.21. The largest absolute Gasteiger partial charge is 0.0879 e. The van der Waals surface area contributed by atoms with E-state index in [0.717, 1.165) is 23.7 Å².